The molecular weight excluding hydrogens is 252 g/mol. The van der Waals surface area contributed by atoms with Crippen LogP contribution in [-0.2, 0) is 6.18 Å². The summed E-state index contributed by atoms with van der Waals surface area (Å²) in [6, 6.07) is 2.74. The van der Waals surface area contributed by atoms with Crippen LogP contribution in [0, 0.1) is 17.1 Å². The van der Waals surface area contributed by atoms with Crippen molar-refractivity contribution in [3.63, 3.8) is 0 Å². The van der Waals surface area contributed by atoms with E-state index in [-0.39, 0.29) is 5.56 Å². The molecule has 1 N–H and O–H groups in total. The number of alkyl halides is 3. The Morgan fingerprint density at radius 1 is 1.44 bits per heavy atom. The normalized spacial score (nSPS) is 12.7. The summed E-state index contributed by atoms with van der Waals surface area (Å²) in [6.45, 7) is 1.37. The molecule has 0 spiro atoms. The second-order valence-corrected chi connectivity index (χ2v) is 3.52. The zero-order chi connectivity index (χ0) is 13.9. The summed E-state index contributed by atoms with van der Waals surface area (Å²) >= 11 is 0. The molecule has 0 aromatic heterocycles. The Morgan fingerprint density at radius 2 is 2.06 bits per heavy atom. The van der Waals surface area contributed by atoms with Crippen molar-refractivity contribution < 1.29 is 22.4 Å². The summed E-state index contributed by atoms with van der Waals surface area (Å²) in [5, 5.41) is 10.6. The molecule has 7 heteroatoms. The van der Waals surface area contributed by atoms with Gasteiger partial charge in [0.15, 0.2) is 0 Å². The van der Waals surface area contributed by atoms with Crippen LogP contribution in [0.3, 0.4) is 0 Å². The van der Waals surface area contributed by atoms with E-state index in [1.807, 2.05) is 0 Å². The van der Waals surface area contributed by atoms with Gasteiger partial charge in [0.05, 0.1) is 11.6 Å². The van der Waals surface area contributed by atoms with Gasteiger partial charge in [-0.25, -0.2) is 4.39 Å². The van der Waals surface area contributed by atoms with Crippen molar-refractivity contribution in [3.05, 3.63) is 35.1 Å². The van der Waals surface area contributed by atoms with Crippen LogP contribution in [0.2, 0.25) is 0 Å². The monoisotopic (exact) mass is 260 g/mol. The molecule has 3 nitrogen and oxygen atoms in total. The van der Waals surface area contributed by atoms with Gasteiger partial charge >= 0.3 is 6.18 Å². The van der Waals surface area contributed by atoms with Gasteiger partial charge in [-0.3, -0.25) is 4.79 Å². The molecule has 0 aliphatic carbocycles. The van der Waals surface area contributed by atoms with Gasteiger partial charge < -0.3 is 5.32 Å². The third-order valence-electron chi connectivity index (χ3n) is 2.08. The molecular formula is C11H8F4N2O. The van der Waals surface area contributed by atoms with E-state index in [2.05, 4.69) is 5.32 Å². The molecule has 96 valence electrons. The van der Waals surface area contributed by atoms with Crippen LogP contribution < -0.4 is 5.32 Å². The Balaban J connectivity index is 3.07. The maximum atomic E-state index is 13.0. The number of nitrogens with one attached hydrogen (secondary N) is 1. The number of halogens is 4. The summed E-state index contributed by atoms with van der Waals surface area (Å²) in [7, 11) is 0. The third-order valence-corrected chi connectivity index (χ3v) is 2.08. The van der Waals surface area contributed by atoms with Gasteiger partial charge in [0, 0.05) is 5.56 Å². The number of amides is 1. The molecule has 0 saturated carbocycles. The van der Waals surface area contributed by atoms with Crippen LogP contribution in [0.1, 0.15) is 22.8 Å². The standard InChI is InChI=1S/C11H8F4N2O/c1-6(5-16)17-10(18)7-2-3-9(12)8(4-7)11(13,14)15/h2-4,6H,1H3,(H,17,18). The van der Waals surface area contributed by atoms with Crippen molar-refractivity contribution in [1.82, 2.24) is 5.32 Å². The van der Waals surface area contributed by atoms with Gasteiger partial charge in [-0.05, 0) is 25.1 Å². The van der Waals surface area contributed by atoms with Gasteiger partial charge in [0.1, 0.15) is 11.9 Å². The number of carbonyl (C=O) groups excluding carboxylic acids is 1. The van der Waals surface area contributed by atoms with E-state index in [9.17, 15) is 22.4 Å². The van der Waals surface area contributed by atoms with E-state index in [4.69, 9.17) is 5.26 Å². The summed E-state index contributed by atoms with van der Waals surface area (Å²) < 4.78 is 50.1. The fourth-order valence-corrected chi connectivity index (χ4v) is 1.20. The second kappa shape index (κ2) is 5.04. The fraction of sp³-hybridized carbons (Fsp3) is 0.273. The zero-order valence-corrected chi connectivity index (χ0v) is 9.18. The van der Waals surface area contributed by atoms with Gasteiger partial charge in [0.2, 0.25) is 0 Å². The Morgan fingerprint density at radius 3 is 2.56 bits per heavy atom. The minimum atomic E-state index is -4.87. The summed E-state index contributed by atoms with van der Waals surface area (Å²) in [5.41, 5.74) is -1.87. The smallest absolute Gasteiger partial charge is 0.337 e. The van der Waals surface area contributed by atoms with Crippen LogP contribution in [0.15, 0.2) is 18.2 Å². The molecule has 1 atom stereocenters. The van der Waals surface area contributed by atoms with Crippen LogP contribution >= 0.6 is 0 Å². The molecule has 0 aliphatic heterocycles. The predicted molar refractivity (Wildman–Crippen MR) is 53.9 cm³/mol. The molecule has 1 amide bonds. The number of hydrogen-bond acceptors (Lipinski definition) is 2. The van der Waals surface area contributed by atoms with Crippen molar-refractivity contribution in [1.29, 1.82) is 5.26 Å². The predicted octanol–water partition coefficient (Wildman–Crippen LogP) is 2.49. The maximum absolute atomic E-state index is 13.0. The molecule has 0 radical (unpaired) electrons. The molecule has 1 aromatic rings. The minimum Gasteiger partial charge on any atom is -0.337 e. The molecule has 0 aliphatic rings. The van der Waals surface area contributed by atoms with Gasteiger partial charge in [-0.15, -0.1) is 0 Å². The molecule has 18 heavy (non-hydrogen) atoms. The fourth-order valence-electron chi connectivity index (χ4n) is 1.20. The van der Waals surface area contributed by atoms with Crippen molar-refractivity contribution in [2.24, 2.45) is 0 Å². The van der Waals surface area contributed by atoms with Gasteiger partial charge in [-0.2, -0.15) is 18.4 Å². The van der Waals surface area contributed by atoms with Gasteiger partial charge in [0.25, 0.3) is 5.91 Å². The summed E-state index contributed by atoms with van der Waals surface area (Å²) in [6.07, 6.45) is -4.87. The first-order valence-corrected chi connectivity index (χ1v) is 4.83. The quantitative estimate of drug-likeness (QED) is 0.830. The number of nitriles is 1. The van der Waals surface area contributed by atoms with Crippen molar-refractivity contribution in [3.8, 4) is 6.07 Å². The van der Waals surface area contributed by atoms with Crippen molar-refractivity contribution >= 4 is 5.91 Å². The zero-order valence-electron chi connectivity index (χ0n) is 9.18. The topological polar surface area (TPSA) is 52.9 Å². The highest BCUT2D eigenvalue weighted by atomic mass is 19.4. The Labute approximate surface area is 100 Å². The Kier molecular flexibility index (Phi) is 3.91. The molecule has 1 unspecified atom stereocenters. The number of benzene rings is 1. The molecule has 1 rings (SSSR count). The van der Waals surface area contributed by atoms with Crippen LogP contribution in [-0.4, -0.2) is 11.9 Å². The second-order valence-electron chi connectivity index (χ2n) is 3.52. The lowest BCUT2D eigenvalue weighted by Gasteiger charge is -2.11. The first-order valence-electron chi connectivity index (χ1n) is 4.83. The highest BCUT2D eigenvalue weighted by Crippen LogP contribution is 2.31. The average Bonchev–Trinajstić information content (AvgIpc) is 2.27. The summed E-state index contributed by atoms with van der Waals surface area (Å²) in [5.74, 6) is -2.32. The van der Waals surface area contributed by atoms with E-state index >= 15 is 0 Å². The van der Waals surface area contributed by atoms with E-state index in [1.54, 1.807) is 6.07 Å². The minimum absolute atomic E-state index is 0.356. The average molecular weight is 260 g/mol. The maximum Gasteiger partial charge on any atom is 0.419 e. The lowest BCUT2D eigenvalue weighted by atomic mass is 10.1. The lowest BCUT2D eigenvalue weighted by Crippen LogP contribution is -2.31. The van der Waals surface area contributed by atoms with E-state index < -0.39 is 29.5 Å². The van der Waals surface area contributed by atoms with Gasteiger partial charge in [-0.1, -0.05) is 0 Å². The van der Waals surface area contributed by atoms with Crippen molar-refractivity contribution in [2.45, 2.75) is 19.1 Å². The molecule has 1 aromatic carbocycles. The first-order chi connectivity index (χ1) is 8.25. The highest BCUT2D eigenvalue weighted by Gasteiger charge is 2.34. The lowest BCUT2D eigenvalue weighted by molar-refractivity contribution is -0.140. The number of hydrogen-bond donors (Lipinski definition) is 1. The third kappa shape index (κ3) is 3.20. The van der Waals surface area contributed by atoms with E-state index in [0.29, 0.717) is 12.1 Å². The Bertz CT molecular complexity index is 505. The summed E-state index contributed by atoms with van der Waals surface area (Å²) in [4.78, 5) is 11.5. The van der Waals surface area contributed by atoms with Crippen LogP contribution in [0.5, 0.6) is 0 Å². The molecule has 0 fully saturated rings. The number of nitrogens with zero attached hydrogens (tertiary/aromatic N) is 1. The van der Waals surface area contributed by atoms with Crippen LogP contribution in [0.25, 0.3) is 0 Å². The molecule has 0 bridgehead atoms. The van der Waals surface area contributed by atoms with Crippen LogP contribution in [0.4, 0.5) is 17.6 Å². The molecule has 0 heterocycles. The van der Waals surface area contributed by atoms with Crippen molar-refractivity contribution in [2.75, 3.05) is 0 Å². The highest BCUT2D eigenvalue weighted by molar-refractivity contribution is 5.94. The largest absolute Gasteiger partial charge is 0.419 e. The number of carbonyl (C=O) groups is 1. The number of rotatable bonds is 2. The SMILES string of the molecule is CC(C#N)NC(=O)c1ccc(F)c(C(F)(F)F)c1. The van der Waals surface area contributed by atoms with E-state index in [1.165, 1.54) is 6.92 Å². The first kappa shape index (κ1) is 14.0. The molecule has 0 saturated heterocycles. The van der Waals surface area contributed by atoms with E-state index in [0.717, 1.165) is 6.07 Å². The Hall–Kier alpha value is -2.10.